The maximum Gasteiger partial charge on any atom is 0.128 e. The van der Waals surface area contributed by atoms with Gasteiger partial charge in [-0.3, -0.25) is 0 Å². The van der Waals surface area contributed by atoms with E-state index in [0.29, 0.717) is 5.92 Å². The predicted molar refractivity (Wildman–Crippen MR) is 86.0 cm³/mol. The first kappa shape index (κ1) is 13.7. The molecule has 110 valence electrons. The first-order chi connectivity index (χ1) is 10.1. The van der Waals surface area contributed by atoms with Crippen LogP contribution in [0.3, 0.4) is 0 Å². The second kappa shape index (κ2) is 5.64. The van der Waals surface area contributed by atoms with Crippen LogP contribution in [0.2, 0.25) is 0 Å². The van der Waals surface area contributed by atoms with Crippen LogP contribution in [0, 0.1) is 5.92 Å². The zero-order valence-corrected chi connectivity index (χ0v) is 12.7. The lowest BCUT2D eigenvalue weighted by Crippen LogP contribution is -2.28. The Bertz CT molecular complexity index is 610. The fourth-order valence-electron chi connectivity index (χ4n) is 2.63. The van der Waals surface area contributed by atoms with Crippen molar-refractivity contribution < 1.29 is 4.74 Å². The Morgan fingerprint density at radius 2 is 2.00 bits per heavy atom. The summed E-state index contributed by atoms with van der Waals surface area (Å²) in [4.78, 5) is 6.45. The van der Waals surface area contributed by atoms with E-state index in [1.807, 2.05) is 43.4 Å². The molecular formula is C17H21N3O. The second-order valence-electron chi connectivity index (χ2n) is 5.75. The zero-order valence-electron chi connectivity index (χ0n) is 12.7. The Morgan fingerprint density at radius 1 is 1.19 bits per heavy atom. The minimum atomic E-state index is 0.252. The number of ether oxygens (including phenoxy) is 1. The maximum atomic E-state index is 5.79. The molecule has 2 heterocycles. The van der Waals surface area contributed by atoms with Crippen LogP contribution < -0.4 is 15.0 Å². The molecule has 4 heteroatoms. The zero-order chi connectivity index (χ0) is 14.8. The topological polar surface area (TPSA) is 37.4 Å². The van der Waals surface area contributed by atoms with Crippen LogP contribution in [0.1, 0.15) is 18.5 Å². The monoisotopic (exact) mass is 283 g/mol. The summed E-state index contributed by atoms with van der Waals surface area (Å²) in [6.07, 6.45) is 1.89. The van der Waals surface area contributed by atoms with Crippen molar-refractivity contribution in [2.24, 2.45) is 5.92 Å². The average Bonchev–Trinajstić information content (AvgIpc) is 2.51. The van der Waals surface area contributed by atoms with Crippen molar-refractivity contribution >= 4 is 11.5 Å². The third kappa shape index (κ3) is 2.79. The SMILES string of the molecule is CC1COc2ccccc2C1Nc1ccc(N(C)C)nc1. The van der Waals surface area contributed by atoms with Crippen LogP contribution >= 0.6 is 0 Å². The molecule has 1 aliphatic rings. The van der Waals surface area contributed by atoms with Crippen LogP contribution in [-0.2, 0) is 0 Å². The molecule has 3 rings (SSSR count). The minimum absolute atomic E-state index is 0.252. The van der Waals surface area contributed by atoms with Crippen LogP contribution in [0.15, 0.2) is 42.6 Å². The minimum Gasteiger partial charge on any atom is -0.493 e. The normalized spacial score (nSPS) is 20.3. The van der Waals surface area contributed by atoms with Crippen molar-refractivity contribution in [3.05, 3.63) is 48.2 Å². The van der Waals surface area contributed by atoms with E-state index in [-0.39, 0.29) is 6.04 Å². The summed E-state index contributed by atoms with van der Waals surface area (Å²) in [6.45, 7) is 2.94. The lowest BCUT2D eigenvalue weighted by atomic mass is 9.92. The molecule has 2 atom stereocenters. The highest BCUT2D eigenvalue weighted by atomic mass is 16.5. The van der Waals surface area contributed by atoms with E-state index < -0.39 is 0 Å². The quantitative estimate of drug-likeness (QED) is 0.937. The van der Waals surface area contributed by atoms with Gasteiger partial charge in [-0.15, -0.1) is 0 Å². The molecule has 1 aromatic carbocycles. The summed E-state index contributed by atoms with van der Waals surface area (Å²) in [5.41, 5.74) is 2.25. The molecule has 0 spiro atoms. The number of fused-ring (bicyclic) bond motifs is 1. The average molecular weight is 283 g/mol. The second-order valence-corrected chi connectivity index (χ2v) is 5.75. The fourth-order valence-corrected chi connectivity index (χ4v) is 2.63. The number of hydrogen-bond acceptors (Lipinski definition) is 4. The van der Waals surface area contributed by atoms with Gasteiger partial charge in [0.05, 0.1) is 24.5 Å². The Hall–Kier alpha value is -2.23. The summed E-state index contributed by atoms with van der Waals surface area (Å²) < 4.78 is 5.79. The van der Waals surface area contributed by atoms with Crippen molar-refractivity contribution in [1.29, 1.82) is 0 Å². The standard InChI is InChI=1S/C17H21N3O/c1-12-11-21-15-7-5-4-6-14(15)17(12)19-13-8-9-16(18-10-13)20(2)3/h4-10,12,17,19H,11H2,1-3H3. The van der Waals surface area contributed by atoms with Crippen molar-refractivity contribution in [2.75, 3.05) is 30.9 Å². The van der Waals surface area contributed by atoms with E-state index in [1.165, 1.54) is 5.56 Å². The molecule has 0 saturated carbocycles. The van der Waals surface area contributed by atoms with Crippen LogP contribution in [0.5, 0.6) is 5.75 Å². The smallest absolute Gasteiger partial charge is 0.128 e. The number of para-hydroxylation sites is 1. The number of nitrogens with zero attached hydrogens (tertiary/aromatic N) is 2. The number of benzene rings is 1. The summed E-state index contributed by atoms with van der Waals surface area (Å²) in [5.74, 6) is 2.35. The van der Waals surface area contributed by atoms with E-state index in [2.05, 4.69) is 35.4 Å². The first-order valence-corrected chi connectivity index (χ1v) is 7.27. The molecule has 4 nitrogen and oxygen atoms in total. The molecule has 0 aliphatic carbocycles. The highest BCUT2D eigenvalue weighted by Gasteiger charge is 2.27. The molecule has 0 saturated heterocycles. The van der Waals surface area contributed by atoms with Gasteiger partial charge in [0.15, 0.2) is 0 Å². The van der Waals surface area contributed by atoms with Crippen molar-refractivity contribution in [3.8, 4) is 5.75 Å². The van der Waals surface area contributed by atoms with Gasteiger partial charge < -0.3 is 15.0 Å². The third-order valence-corrected chi connectivity index (χ3v) is 3.85. The van der Waals surface area contributed by atoms with Gasteiger partial charge in [0, 0.05) is 25.6 Å². The summed E-state index contributed by atoms with van der Waals surface area (Å²) in [7, 11) is 3.98. The van der Waals surface area contributed by atoms with Crippen LogP contribution in [-0.4, -0.2) is 25.7 Å². The summed E-state index contributed by atoms with van der Waals surface area (Å²) >= 11 is 0. The lowest BCUT2D eigenvalue weighted by Gasteiger charge is -2.32. The molecule has 0 bridgehead atoms. The van der Waals surface area contributed by atoms with E-state index in [0.717, 1.165) is 23.9 Å². The van der Waals surface area contributed by atoms with Gasteiger partial charge in [-0.05, 0) is 18.2 Å². The Morgan fingerprint density at radius 3 is 2.71 bits per heavy atom. The van der Waals surface area contributed by atoms with E-state index in [4.69, 9.17) is 4.74 Å². The van der Waals surface area contributed by atoms with Gasteiger partial charge >= 0.3 is 0 Å². The molecule has 0 radical (unpaired) electrons. The highest BCUT2D eigenvalue weighted by molar-refractivity contribution is 5.51. The number of anilines is 2. The molecule has 1 N–H and O–H groups in total. The molecular weight excluding hydrogens is 262 g/mol. The molecule has 1 aromatic heterocycles. The Balaban J connectivity index is 1.83. The van der Waals surface area contributed by atoms with E-state index >= 15 is 0 Å². The molecule has 0 amide bonds. The first-order valence-electron chi connectivity index (χ1n) is 7.27. The number of pyridine rings is 1. The van der Waals surface area contributed by atoms with E-state index in [9.17, 15) is 0 Å². The van der Waals surface area contributed by atoms with Crippen molar-refractivity contribution in [3.63, 3.8) is 0 Å². The van der Waals surface area contributed by atoms with Gasteiger partial charge in [0.1, 0.15) is 11.6 Å². The van der Waals surface area contributed by atoms with E-state index in [1.54, 1.807) is 0 Å². The van der Waals surface area contributed by atoms with Crippen LogP contribution in [0.4, 0.5) is 11.5 Å². The van der Waals surface area contributed by atoms with Gasteiger partial charge in [-0.25, -0.2) is 4.98 Å². The number of rotatable bonds is 3. The number of nitrogens with one attached hydrogen (secondary N) is 1. The van der Waals surface area contributed by atoms with Gasteiger partial charge in [-0.1, -0.05) is 25.1 Å². The maximum absolute atomic E-state index is 5.79. The fraction of sp³-hybridized carbons (Fsp3) is 0.353. The largest absolute Gasteiger partial charge is 0.493 e. The molecule has 2 aromatic rings. The molecule has 21 heavy (non-hydrogen) atoms. The third-order valence-electron chi connectivity index (χ3n) is 3.85. The van der Waals surface area contributed by atoms with Crippen LogP contribution in [0.25, 0.3) is 0 Å². The number of hydrogen-bond donors (Lipinski definition) is 1. The molecule has 0 fully saturated rings. The van der Waals surface area contributed by atoms with Gasteiger partial charge in [-0.2, -0.15) is 0 Å². The summed E-state index contributed by atoms with van der Waals surface area (Å²) in [5, 5.41) is 3.59. The number of aromatic nitrogens is 1. The van der Waals surface area contributed by atoms with Gasteiger partial charge in [0.2, 0.25) is 0 Å². The Kier molecular flexibility index (Phi) is 3.69. The molecule has 2 unspecified atom stereocenters. The highest BCUT2D eigenvalue weighted by Crippen LogP contribution is 2.37. The predicted octanol–water partition coefficient (Wildman–Crippen LogP) is 3.33. The summed E-state index contributed by atoms with van der Waals surface area (Å²) in [6, 6.07) is 12.6. The molecule has 1 aliphatic heterocycles. The van der Waals surface area contributed by atoms with Gasteiger partial charge in [0.25, 0.3) is 0 Å². The Labute approximate surface area is 125 Å². The van der Waals surface area contributed by atoms with Crippen molar-refractivity contribution in [2.45, 2.75) is 13.0 Å². The lowest BCUT2D eigenvalue weighted by molar-refractivity contribution is 0.214. The van der Waals surface area contributed by atoms with Crippen molar-refractivity contribution in [1.82, 2.24) is 4.98 Å².